The quantitative estimate of drug-likeness (QED) is 0.574. The number of unbranched alkanes of at least 4 members (excludes halogenated alkanes) is 1. The van der Waals surface area contributed by atoms with Gasteiger partial charge < -0.3 is 5.11 Å². The maximum absolute atomic E-state index is 8.54. The first-order valence-corrected chi connectivity index (χ1v) is 5.29. The third-order valence-corrected chi connectivity index (χ3v) is 2.45. The maximum Gasteiger partial charge on any atom is 0.0433 e. The first-order valence-electron chi connectivity index (χ1n) is 4.41. The Labute approximate surface area is 83.5 Å². The summed E-state index contributed by atoms with van der Waals surface area (Å²) in [5, 5.41) is 10.6. The highest BCUT2D eigenvalue weighted by atomic mass is 32.2. The van der Waals surface area contributed by atoms with E-state index in [-0.39, 0.29) is 6.61 Å². The van der Waals surface area contributed by atoms with Crippen molar-refractivity contribution < 1.29 is 5.11 Å². The van der Waals surface area contributed by atoms with Gasteiger partial charge in [-0.2, -0.15) is 0 Å². The van der Waals surface area contributed by atoms with E-state index in [9.17, 15) is 0 Å². The zero-order valence-corrected chi connectivity index (χ0v) is 8.33. The Balaban J connectivity index is 2.23. The van der Waals surface area contributed by atoms with E-state index in [1.165, 1.54) is 4.90 Å². The summed E-state index contributed by atoms with van der Waals surface area (Å²) in [4.78, 5) is 1.25. The molecular weight excluding hydrogens is 180 g/mol. The van der Waals surface area contributed by atoms with Gasteiger partial charge in [0.2, 0.25) is 0 Å². The second kappa shape index (κ2) is 6.75. The average Bonchev–Trinajstić information content (AvgIpc) is 2.19. The number of thioether (sulfide) groups is 1. The smallest absolute Gasteiger partial charge is 0.0433 e. The molecule has 13 heavy (non-hydrogen) atoms. The van der Waals surface area contributed by atoms with Gasteiger partial charge in [0.05, 0.1) is 0 Å². The summed E-state index contributed by atoms with van der Waals surface area (Å²) in [5.74, 6) is 0. The van der Waals surface area contributed by atoms with Crippen molar-refractivity contribution in [2.45, 2.75) is 17.7 Å². The summed E-state index contributed by atoms with van der Waals surface area (Å²) in [6.07, 6.45) is 3.90. The first-order chi connectivity index (χ1) is 6.43. The van der Waals surface area contributed by atoms with Crippen LogP contribution in [0.5, 0.6) is 0 Å². The number of hydrogen-bond donors (Lipinski definition) is 1. The second-order valence-corrected chi connectivity index (χ2v) is 3.65. The molecule has 1 nitrogen and oxygen atoms in total. The van der Waals surface area contributed by atoms with Crippen LogP contribution in [0, 0.1) is 0 Å². The molecule has 0 saturated carbocycles. The summed E-state index contributed by atoms with van der Waals surface area (Å²) >= 11 is 1.71. The number of rotatable bonds is 5. The largest absolute Gasteiger partial charge is 0.396 e. The van der Waals surface area contributed by atoms with Crippen LogP contribution in [0.25, 0.3) is 0 Å². The number of benzene rings is 1. The van der Waals surface area contributed by atoms with E-state index in [2.05, 4.69) is 23.6 Å². The minimum atomic E-state index is 0.278. The maximum atomic E-state index is 8.54. The van der Waals surface area contributed by atoms with Crippen molar-refractivity contribution in [2.75, 3.05) is 6.61 Å². The summed E-state index contributed by atoms with van der Waals surface area (Å²) in [6, 6.07) is 10.2. The zero-order valence-electron chi connectivity index (χ0n) is 7.52. The number of aliphatic hydroxyl groups excluding tert-OH is 1. The predicted octanol–water partition coefficient (Wildman–Crippen LogP) is 3.06. The molecule has 1 aromatic rings. The second-order valence-electron chi connectivity index (χ2n) is 2.67. The van der Waals surface area contributed by atoms with Crippen molar-refractivity contribution in [3.63, 3.8) is 0 Å². The van der Waals surface area contributed by atoms with Crippen molar-refractivity contribution in [3.8, 4) is 0 Å². The lowest BCUT2D eigenvalue weighted by molar-refractivity contribution is 0.289. The topological polar surface area (TPSA) is 20.2 Å². The fraction of sp³-hybridized carbons (Fsp3) is 0.273. The summed E-state index contributed by atoms with van der Waals surface area (Å²) < 4.78 is 0. The number of hydrogen-bond acceptors (Lipinski definition) is 2. The van der Waals surface area contributed by atoms with Crippen LogP contribution in [0.2, 0.25) is 0 Å². The molecule has 1 aromatic carbocycles. The zero-order chi connectivity index (χ0) is 9.36. The fourth-order valence-electron chi connectivity index (χ4n) is 0.903. The van der Waals surface area contributed by atoms with Crippen LogP contribution in [0.4, 0.5) is 0 Å². The molecule has 0 bridgehead atoms. The Morgan fingerprint density at radius 2 is 2.00 bits per heavy atom. The molecule has 0 fully saturated rings. The Kier molecular flexibility index (Phi) is 5.38. The van der Waals surface area contributed by atoms with Crippen molar-refractivity contribution in [1.82, 2.24) is 0 Å². The van der Waals surface area contributed by atoms with Gasteiger partial charge in [0.1, 0.15) is 0 Å². The average molecular weight is 194 g/mol. The normalized spacial score (nSPS) is 10.8. The molecule has 70 valence electrons. The monoisotopic (exact) mass is 194 g/mol. The highest BCUT2D eigenvalue weighted by Crippen LogP contribution is 2.18. The molecule has 1 N–H and O–H groups in total. The van der Waals surface area contributed by atoms with Crippen molar-refractivity contribution >= 4 is 11.8 Å². The van der Waals surface area contributed by atoms with Crippen molar-refractivity contribution in [3.05, 3.63) is 41.8 Å². The van der Waals surface area contributed by atoms with Gasteiger partial charge in [0.25, 0.3) is 0 Å². The Hall–Kier alpha value is -0.730. The molecule has 0 aliphatic heterocycles. The SMILES string of the molecule is OCCC/C=C\Sc1ccccc1. The first kappa shape index (κ1) is 10.4. The number of allylic oxidation sites excluding steroid dienone is 1. The Bertz CT molecular complexity index is 244. The van der Waals surface area contributed by atoms with Crippen LogP contribution >= 0.6 is 11.8 Å². The summed E-state index contributed by atoms with van der Waals surface area (Å²) in [7, 11) is 0. The van der Waals surface area contributed by atoms with E-state index < -0.39 is 0 Å². The lowest BCUT2D eigenvalue weighted by Crippen LogP contribution is -1.77. The number of aliphatic hydroxyl groups is 1. The van der Waals surface area contributed by atoms with Crippen LogP contribution in [-0.2, 0) is 0 Å². The molecule has 0 aliphatic rings. The third-order valence-electron chi connectivity index (χ3n) is 1.57. The highest BCUT2D eigenvalue weighted by molar-refractivity contribution is 8.02. The highest BCUT2D eigenvalue weighted by Gasteiger charge is 1.85. The lowest BCUT2D eigenvalue weighted by atomic mass is 10.3. The van der Waals surface area contributed by atoms with E-state index in [1.807, 2.05) is 18.2 Å². The molecule has 0 radical (unpaired) electrons. The summed E-state index contributed by atoms with van der Waals surface area (Å²) in [5.41, 5.74) is 0. The summed E-state index contributed by atoms with van der Waals surface area (Å²) in [6.45, 7) is 0.278. The molecule has 1 rings (SSSR count). The third kappa shape index (κ3) is 4.76. The molecular formula is C11H14OS. The standard InChI is InChI=1S/C11H14OS/c12-9-5-2-6-10-13-11-7-3-1-4-8-11/h1,3-4,6-8,10,12H,2,5,9H2/b10-6-. The van der Waals surface area contributed by atoms with Crippen LogP contribution < -0.4 is 0 Å². The molecule has 0 unspecified atom stereocenters. The minimum Gasteiger partial charge on any atom is -0.396 e. The van der Waals surface area contributed by atoms with Gasteiger partial charge in [0.15, 0.2) is 0 Å². The Morgan fingerprint density at radius 3 is 2.69 bits per heavy atom. The molecule has 0 amide bonds. The van der Waals surface area contributed by atoms with E-state index in [0.717, 1.165) is 12.8 Å². The van der Waals surface area contributed by atoms with Gasteiger partial charge in [-0.05, 0) is 30.4 Å². The van der Waals surface area contributed by atoms with Gasteiger partial charge in [-0.1, -0.05) is 36.0 Å². The van der Waals surface area contributed by atoms with Crippen LogP contribution in [0.1, 0.15) is 12.8 Å². The molecule has 0 heterocycles. The van der Waals surface area contributed by atoms with Gasteiger partial charge in [0, 0.05) is 11.5 Å². The van der Waals surface area contributed by atoms with Crippen LogP contribution in [-0.4, -0.2) is 11.7 Å². The van der Waals surface area contributed by atoms with Crippen molar-refractivity contribution in [2.24, 2.45) is 0 Å². The van der Waals surface area contributed by atoms with Crippen LogP contribution in [0.3, 0.4) is 0 Å². The molecule has 0 aromatic heterocycles. The lowest BCUT2D eigenvalue weighted by Gasteiger charge is -1.93. The Morgan fingerprint density at radius 1 is 1.23 bits per heavy atom. The van der Waals surface area contributed by atoms with Crippen molar-refractivity contribution in [1.29, 1.82) is 0 Å². The molecule has 0 atom stereocenters. The molecule has 2 heteroatoms. The van der Waals surface area contributed by atoms with Gasteiger partial charge in [-0.15, -0.1) is 0 Å². The van der Waals surface area contributed by atoms with E-state index in [1.54, 1.807) is 11.8 Å². The minimum absolute atomic E-state index is 0.278. The van der Waals surface area contributed by atoms with Gasteiger partial charge in [-0.25, -0.2) is 0 Å². The van der Waals surface area contributed by atoms with Gasteiger partial charge in [-0.3, -0.25) is 0 Å². The molecule has 0 aliphatic carbocycles. The van der Waals surface area contributed by atoms with Crippen LogP contribution in [0.15, 0.2) is 46.7 Å². The predicted molar refractivity (Wildman–Crippen MR) is 57.8 cm³/mol. The van der Waals surface area contributed by atoms with E-state index >= 15 is 0 Å². The van der Waals surface area contributed by atoms with Gasteiger partial charge >= 0.3 is 0 Å². The van der Waals surface area contributed by atoms with E-state index in [0.29, 0.717) is 0 Å². The fourth-order valence-corrected chi connectivity index (χ4v) is 1.61. The molecule has 0 spiro atoms. The van der Waals surface area contributed by atoms with E-state index in [4.69, 9.17) is 5.11 Å². The molecule has 0 saturated heterocycles.